The van der Waals surface area contributed by atoms with Gasteiger partial charge in [-0.1, -0.05) is 11.1 Å². The molecule has 2 aromatic rings. The molecule has 0 spiro atoms. The van der Waals surface area contributed by atoms with Gasteiger partial charge in [0.25, 0.3) is 0 Å². The van der Waals surface area contributed by atoms with E-state index in [0.29, 0.717) is 0 Å². The number of aryl methyl sites for hydroxylation is 2. The number of rotatable bonds is 0. The van der Waals surface area contributed by atoms with Crippen molar-refractivity contribution in [3.8, 4) is 0 Å². The van der Waals surface area contributed by atoms with E-state index in [1.807, 2.05) is 12.2 Å². The van der Waals surface area contributed by atoms with Gasteiger partial charge in [-0.2, -0.15) is 18.2 Å². The van der Waals surface area contributed by atoms with Crippen molar-refractivity contribution >= 4 is 10.8 Å². The smallest absolute Gasteiger partial charge is 0.273 e. The average molecular weight is 300 g/mol. The van der Waals surface area contributed by atoms with Crippen molar-refractivity contribution in [2.24, 2.45) is 0 Å². The van der Waals surface area contributed by atoms with Gasteiger partial charge < -0.3 is 0 Å². The molecule has 0 saturated carbocycles. The van der Waals surface area contributed by atoms with E-state index in [0.717, 1.165) is 6.42 Å². The van der Waals surface area contributed by atoms with Crippen LogP contribution in [-0.4, -0.2) is 0 Å². The molecule has 0 aliphatic heterocycles. The van der Waals surface area contributed by atoms with E-state index in [9.17, 15) is 0 Å². The number of fused-ring (bicyclic) bond motifs is 1. The maximum atomic E-state index is 2.99. The molecule has 0 heterocycles. The summed E-state index contributed by atoms with van der Waals surface area (Å²) in [5, 5.41) is 2.71. The Labute approximate surface area is 123 Å². The van der Waals surface area contributed by atoms with E-state index < -0.39 is 0 Å². The fraction of sp³-hybridized carbons (Fsp3) is 0.188. The Morgan fingerprint density at radius 1 is 1.18 bits per heavy atom. The third kappa shape index (κ3) is 3.85. The summed E-state index contributed by atoms with van der Waals surface area (Å²) in [7, 11) is 0. The second kappa shape index (κ2) is 6.81. The zero-order chi connectivity index (χ0) is 11.4. The molecule has 1 aliphatic carbocycles. The predicted octanol–water partition coefficient (Wildman–Crippen LogP) is 4.48. The fourth-order valence-corrected chi connectivity index (χ4v) is 1.75. The molecule has 84 valence electrons. The van der Waals surface area contributed by atoms with E-state index in [1.165, 1.54) is 21.9 Å². The molecule has 0 amide bonds. The first-order valence-electron chi connectivity index (χ1n) is 5.62. The molecular weight excluding hydrogens is 283 g/mol. The molecule has 0 atom stereocenters. The number of hydrogen-bond donors (Lipinski definition) is 0. The summed E-state index contributed by atoms with van der Waals surface area (Å²) in [6.45, 7) is 4.31. The van der Waals surface area contributed by atoms with Gasteiger partial charge in [-0.05, 0) is 13.8 Å². The standard InChI is InChI=1S/C11H11.C5H5.Zr/c1-8-6-10-4-3-5-11(10)7-9(8)2;1-2-4-5-3-1;/h3-7H,1-2H3;1-3H,4H2;/q2*-1;+2. The molecule has 0 fully saturated rings. The number of benzene rings is 1. The molecule has 17 heavy (non-hydrogen) atoms. The van der Waals surface area contributed by atoms with Crippen LogP contribution < -0.4 is 0 Å². The molecule has 0 nitrogen and oxygen atoms in total. The van der Waals surface area contributed by atoms with Gasteiger partial charge in [0.1, 0.15) is 0 Å². The molecule has 3 rings (SSSR count). The van der Waals surface area contributed by atoms with Crippen LogP contribution in [0.2, 0.25) is 0 Å². The van der Waals surface area contributed by atoms with Crippen molar-refractivity contribution in [2.75, 3.05) is 0 Å². The van der Waals surface area contributed by atoms with E-state index in [1.54, 1.807) is 0 Å². The first-order chi connectivity index (χ1) is 7.77. The minimum absolute atomic E-state index is 0. The van der Waals surface area contributed by atoms with Crippen LogP contribution in [0.4, 0.5) is 0 Å². The Morgan fingerprint density at radius 2 is 1.94 bits per heavy atom. The van der Waals surface area contributed by atoms with Crippen LogP contribution in [0.3, 0.4) is 0 Å². The number of hydrogen-bond acceptors (Lipinski definition) is 0. The van der Waals surface area contributed by atoms with Crippen LogP contribution in [0.1, 0.15) is 17.5 Å². The summed E-state index contributed by atoms with van der Waals surface area (Å²) in [6.07, 6.45) is 10.0. The Morgan fingerprint density at radius 3 is 2.53 bits per heavy atom. The second-order valence-corrected chi connectivity index (χ2v) is 4.09. The van der Waals surface area contributed by atoms with Crippen LogP contribution >= 0.6 is 0 Å². The third-order valence-electron chi connectivity index (χ3n) is 2.84. The Bertz CT molecular complexity index is 483. The summed E-state index contributed by atoms with van der Waals surface area (Å²) in [6, 6.07) is 10.9. The van der Waals surface area contributed by atoms with E-state index in [2.05, 4.69) is 56.3 Å². The van der Waals surface area contributed by atoms with Gasteiger partial charge in [-0.3, -0.25) is 6.08 Å². The second-order valence-electron chi connectivity index (χ2n) is 4.09. The van der Waals surface area contributed by atoms with Gasteiger partial charge in [0.05, 0.1) is 0 Å². The summed E-state index contributed by atoms with van der Waals surface area (Å²) in [4.78, 5) is 0. The molecule has 0 aromatic heterocycles. The van der Waals surface area contributed by atoms with Crippen LogP contribution in [0.5, 0.6) is 0 Å². The molecular formula is C16H16Zr. The molecule has 1 aliphatic rings. The number of allylic oxidation sites excluding steroid dienone is 4. The zero-order valence-corrected chi connectivity index (χ0v) is 12.8. The molecule has 0 N–H and O–H groups in total. The van der Waals surface area contributed by atoms with Crippen LogP contribution in [-0.2, 0) is 26.2 Å². The SMILES string of the molecule is Cc1cc2cc[cH-]c2cc1C.[C-]1=CC=CC1.[Zr+2]. The molecule has 0 saturated heterocycles. The molecule has 0 unspecified atom stereocenters. The van der Waals surface area contributed by atoms with Gasteiger partial charge >= 0.3 is 26.2 Å². The van der Waals surface area contributed by atoms with Gasteiger partial charge in [0.2, 0.25) is 0 Å². The van der Waals surface area contributed by atoms with Crippen molar-refractivity contribution in [3.05, 3.63) is 65.8 Å². The van der Waals surface area contributed by atoms with Gasteiger partial charge in [-0.25, -0.2) is 12.2 Å². The largest absolute Gasteiger partial charge is 2.00 e. The molecule has 2 aromatic carbocycles. The van der Waals surface area contributed by atoms with Crippen molar-refractivity contribution in [3.63, 3.8) is 0 Å². The van der Waals surface area contributed by atoms with Crippen molar-refractivity contribution in [2.45, 2.75) is 20.3 Å². The van der Waals surface area contributed by atoms with Crippen molar-refractivity contribution in [1.82, 2.24) is 0 Å². The summed E-state index contributed by atoms with van der Waals surface area (Å²) < 4.78 is 0. The van der Waals surface area contributed by atoms with Gasteiger partial charge in [0.15, 0.2) is 0 Å². The minimum Gasteiger partial charge on any atom is -0.273 e. The quantitative estimate of drug-likeness (QED) is 0.629. The van der Waals surface area contributed by atoms with E-state index >= 15 is 0 Å². The summed E-state index contributed by atoms with van der Waals surface area (Å²) >= 11 is 0. The Hall–Kier alpha value is -0.807. The minimum atomic E-state index is 0. The van der Waals surface area contributed by atoms with Crippen LogP contribution in [0.15, 0.2) is 48.6 Å². The van der Waals surface area contributed by atoms with Crippen molar-refractivity contribution in [1.29, 1.82) is 0 Å². The topological polar surface area (TPSA) is 0 Å². The van der Waals surface area contributed by atoms with E-state index in [4.69, 9.17) is 0 Å². The third-order valence-corrected chi connectivity index (χ3v) is 2.84. The Balaban J connectivity index is 0.000000205. The predicted molar refractivity (Wildman–Crippen MR) is 70.6 cm³/mol. The van der Waals surface area contributed by atoms with Crippen LogP contribution in [0.25, 0.3) is 10.8 Å². The maximum Gasteiger partial charge on any atom is 2.00 e. The molecule has 0 radical (unpaired) electrons. The summed E-state index contributed by atoms with van der Waals surface area (Å²) in [5.41, 5.74) is 2.76. The maximum absolute atomic E-state index is 2.99. The van der Waals surface area contributed by atoms with Crippen LogP contribution in [0, 0.1) is 19.9 Å². The monoisotopic (exact) mass is 298 g/mol. The van der Waals surface area contributed by atoms with Crippen molar-refractivity contribution < 1.29 is 26.2 Å². The van der Waals surface area contributed by atoms with Gasteiger partial charge in [-0.15, -0.1) is 35.4 Å². The fourth-order valence-electron chi connectivity index (χ4n) is 1.75. The van der Waals surface area contributed by atoms with E-state index in [-0.39, 0.29) is 26.2 Å². The first-order valence-corrected chi connectivity index (χ1v) is 5.62. The average Bonchev–Trinajstić information content (AvgIpc) is 2.91. The molecule has 1 heteroatoms. The first kappa shape index (κ1) is 14.3. The normalized spacial score (nSPS) is 12.1. The Kier molecular flexibility index (Phi) is 5.71. The summed E-state index contributed by atoms with van der Waals surface area (Å²) in [5.74, 6) is 0. The zero-order valence-electron chi connectivity index (χ0n) is 10.3. The van der Waals surface area contributed by atoms with Gasteiger partial charge in [0, 0.05) is 0 Å². The molecule has 0 bridgehead atoms.